The van der Waals surface area contributed by atoms with Gasteiger partial charge < -0.3 is 15.0 Å². The number of hydrogen-bond donors (Lipinski definition) is 5. The number of nitrogens with zero attached hydrogens (tertiary/aromatic N) is 1. The summed E-state index contributed by atoms with van der Waals surface area (Å²) in [4.78, 5) is 38.6. The minimum atomic E-state index is -1.14. The number of carbonyl (C=O) groups is 2. The Morgan fingerprint density at radius 2 is 1.86 bits per heavy atom. The van der Waals surface area contributed by atoms with Crippen molar-refractivity contribution in [3.05, 3.63) is 70.1 Å². The molecule has 0 aliphatic carbocycles. The maximum Gasteiger partial charge on any atom is 0.338 e. The van der Waals surface area contributed by atoms with E-state index in [1.807, 2.05) is 30.3 Å². The second-order valence-electron chi connectivity index (χ2n) is 6.26. The summed E-state index contributed by atoms with van der Waals surface area (Å²) in [5.41, 5.74) is 11.4. The van der Waals surface area contributed by atoms with Crippen LogP contribution < -0.4 is 27.3 Å². The molecule has 0 bridgehead atoms. The molecule has 9 nitrogen and oxygen atoms in total. The quantitative estimate of drug-likeness (QED) is 0.195. The molecule has 0 saturated heterocycles. The second kappa shape index (κ2) is 9.91. The van der Waals surface area contributed by atoms with Gasteiger partial charge in [-0.25, -0.2) is 4.79 Å². The van der Waals surface area contributed by atoms with E-state index in [2.05, 4.69) is 10.3 Å². The van der Waals surface area contributed by atoms with Crippen LogP contribution in [0.5, 0.6) is 0 Å². The Labute approximate surface area is 161 Å². The molecule has 28 heavy (non-hydrogen) atoms. The second-order valence-corrected chi connectivity index (χ2v) is 6.26. The predicted octanol–water partition coefficient (Wildman–Crippen LogP) is -1.79. The lowest BCUT2D eigenvalue weighted by Gasteiger charge is -2.14. The lowest BCUT2D eigenvalue weighted by molar-refractivity contribution is -0.459. The van der Waals surface area contributed by atoms with Gasteiger partial charge in [0.25, 0.3) is 11.5 Å². The van der Waals surface area contributed by atoms with Gasteiger partial charge in [-0.15, -0.1) is 0 Å². The fourth-order valence-electron chi connectivity index (χ4n) is 2.61. The maximum atomic E-state index is 12.5. The zero-order chi connectivity index (χ0) is 20.5. The summed E-state index contributed by atoms with van der Waals surface area (Å²) in [6.07, 6.45) is 2.07. The van der Waals surface area contributed by atoms with E-state index in [0.29, 0.717) is 19.5 Å². The van der Waals surface area contributed by atoms with Crippen LogP contribution in [0.3, 0.4) is 0 Å². The largest absolute Gasteiger partial charge is 0.480 e. The lowest BCUT2D eigenvalue weighted by atomic mass is 10.1. The first-order valence-corrected chi connectivity index (χ1v) is 8.76. The van der Waals surface area contributed by atoms with Gasteiger partial charge in [-0.1, -0.05) is 30.3 Å². The first-order chi connectivity index (χ1) is 13.4. The van der Waals surface area contributed by atoms with E-state index in [-0.39, 0.29) is 23.5 Å². The number of guanidine groups is 1. The minimum absolute atomic E-state index is 0.0524. The summed E-state index contributed by atoms with van der Waals surface area (Å²) in [7, 11) is 0. The highest BCUT2D eigenvalue weighted by Crippen LogP contribution is 2.04. The molecule has 1 heterocycles. The molecule has 0 aliphatic rings. The molecule has 1 aromatic carbocycles. The number of carboxylic acids is 1. The normalized spacial score (nSPS) is 11.4. The summed E-state index contributed by atoms with van der Waals surface area (Å²) < 4.78 is 1.41. The number of carboxylic acid groups (broad SMARTS) is 1. The fourth-order valence-corrected chi connectivity index (χ4v) is 2.61. The number of amides is 1. The maximum absolute atomic E-state index is 12.5. The molecule has 0 spiro atoms. The Hall–Kier alpha value is -3.62. The van der Waals surface area contributed by atoms with Gasteiger partial charge >= 0.3 is 11.9 Å². The SMILES string of the molecule is NC(N)=[NH+]CCC[C@H](NC(=O)c1ccc(=O)n(Cc2ccccc2)c1)C(=O)O. The smallest absolute Gasteiger partial charge is 0.338 e. The van der Waals surface area contributed by atoms with Crippen molar-refractivity contribution in [1.29, 1.82) is 0 Å². The molecule has 148 valence electrons. The summed E-state index contributed by atoms with van der Waals surface area (Å²) in [6, 6.07) is 10.9. The number of hydrogen-bond acceptors (Lipinski definition) is 3. The van der Waals surface area contributed by atoms with E-state index in [4.69, 9.17) is 11.5 Å². The topological polar surface area (TPSA) is 154 Å². The number of rotatable bonds is 9. The summed E-state index contributed by atoms with van der Waals surface area (Å²) >= 11 is 0. The Balaban J connectivity index is 2.07. The highest BCUT2D eigenvalue weighted by Gasteiger charge is 2.20. The third kappa shape index (κ3) is 6.27. The first kappa shape index (κ1) is 20.7. The predicted molar refractivity (Wildman–Crippen MR) is 104 cm³/mol. The lowest BCUT2D eigenvalue weighted by Crippen LogP contribution is -2.78. The number of aliphatic carboxylic acids is 1. The molecule has 0 radical (unpaired) electrons. The highest BCUT2D eigenvalue weighted by molar-refractivity contribution is 5.96. The molecule has 7 N–H and O–H groups in total. The van der Waals surface area contributed by atoms with E-state index in [0.717, 1.165) is 5.56 Å². The van der Waals surface area contributed by atoms with Crippen molar-refractivity contribution < 1.29 is 19.7 Å². The van der Waals surface area contributed by atoms with Gasteiger partial charge in [-0.3, -0.25) is 26.0 Å². The van der Waals surface area contributed by atoms with Crippen LogP contribution in [0.15, 0.2) is 53.5 Å². The number of benzene rings is 1. The summed E-state index contributed by atoms with van der Waals surface area (Å²) in [5, 5.41) is 11.8. The molecule has 0 fully saturated rings. The average Bonchev–Trinajstić information content (AvgIpc) is 2.66. The summed E-state index contributed by atoms with van der Waals surface area (Å²) in [5.74, 6) is -1.65. The van der Waals surface area contributed by atoms with Crippen LogP contribution in [0.2, 0.25) is 0 Å². The zero-order valence-corrected chi connectivity index (χ0v) is 15.3. The van der Waals surface area contributed by atoms with Crippen LogP contribution in [-0.2, 0) is 11.3 Å². The third-order valence-corrected chi connectivity index (χ3v) is 4.04. The number of nitrogens with one attached hydrogen (secondary N) is 2. The van der Waals surface area contributed by atoms with Gasteiger partial charge in [0.15, 0.2) is 0 Å². The van der Waals surface area contributed by atoms with E-state index >= 15 is 0 Å². The third-order valence-electron chi connectivity index (χ3n) is 4.04. The molecule has 2 aromatic rings. The van der Waals surface area contributed by atoms with Crippen LogP contribution in [0, 0.1) is 0 Å². The van der Waals surface area contributed by atoms with Crippen molar-refractivity contribution in [2.24, 2.45) is 11.5 Å². The molecule has 1 amide bonds. The number of nitrogens with two attached hydrogens (primary N) is 2. The van der Waals surface area contributed by atoms with Gasteiger partial charge in [-0.05, 0) is 24.5 Å². The Bertz CT molecular complexity index is 904. The molecular formula is C19H24N5O4+. The van der Waals surface area contributed by atoms with Gasteiger partial charge in [-0.2, -0.15) is 0 Å². The molecule has 0 unspecified atom stereocenters. The van der Waals surface area contributed by atoms with Gasteiger partial charge in [0.1, 0.15) is 6.04 Å². The van der Waals surface area contributed by atoms with Crippen molar-refractivity contribution in [2.45, 2.75) is 25.4 Å². The molecule has 9 heteroatoms. The molecule has 1 atom stereocenters. The number of carbonyl (C=O) groups excluding carboxylic acids is 1. The van der Waals surface area contributed by atoms with E-state index in [1.54, 1.807) is 0 Å². The molecule has 1 aromatic heterocycles. The molecule has 0 saturated carbocycles. The van der Waals surface area contributed by atoms with E-state index in [9.17, 15) is 19.5 Å². The number of pyridine rings is 1. The molecular weight excluding hydrogens is 362 g/mol. The van der Waals surface area contributed by atoms with E-state index in [1.165, 1.54) is 22.9 Å². The van der Waals surface area contributed by atoms with Gasteiger partial charge in [0.05, 0.1) is 18.7 Å². The Morgan fingerprint density at radius 1 is 1.14 bits per heavy atom. The van der Waals surface area contributed by atoms with E-state index < -0.39 is 17.9 Å². The van der Waals surface area contributed by atoms with Crippen LogP contribution >= 0.6 is 0 Å². The van der Waals surface area contributed by atoms with Crippen LogP contribution in [0.25, 0.3) is 0 Å². The Morgan fingerprint density at radius 3 is 2.50 bits per heavy atom. The monoisotopic (exact) mass is 386 g/mol. The van der Waals surface area contributed by atoms with Crippen LogP contribution in [-0.4, -0.2) is 40.1 Å². The minimum Gasteiger partial charge on any atom is -0.480 e. The fraction of sp³-hybridized carbons (Fsp3) is 0.263. The van der Waals surface area contributed by atoms with Crippen molar-refractivity contribution in [1.82, 2.24) is 9.88 Å². The van der Waals surface area contributed by atoms with Gasteiger partial charge in [0.2, 0.25) is 0 Å². The van der Waals surface area contributed by atoms with Crippen molar-refractivity contribution in [2.75, 3.05) is 6.54 Å². The first-order valence-electron chi connectivity index (χ1n) is 8.76. The Kier molecular flexibility index (Phi) is 7.32. The molecule has 0 aliphatic heterocycles. The van der Waals surface area contributed by atoms with Gasteiger partial charge in [0, 0.05) is 12.3 Å². The highest BCUT2D eigenvalue weighted by atomic mass is 16.4. The summed E-state index contributed by atoms with van der Waals surface area (Å²) in [6.45, 7) is 0.704. The average molecular weight is 386 g/mol. The standard InChI is InChI=1S/C19H23N5O4/c20-19(21)22-10-4-7-15(18(27)28)23-17(26)14-8-9-16(25)24(12-14)11-13-5-2-1-3-6-13/h1-3,5-6,8-9,12,15H,4,7,10-11H2,(H,23,26)(H,27,28)(H4,20,21,22)/p+1/t15-/m0/s1. The number of aromatic nitrogens is 1. The molecule has 2 rings (SSSR count). The van der Waals surface area contributed by atoms with Crippen LogP contribution in [0.4, 0.5) is 0 Å². The van der Waals surface area contributed by atoms with Crippen molar-refractivity contribution in [3.8, 4) is 0 Å². The zero-order valence-electron chi connectivity index (χ0n) is 15.3. The van der Waals surface area contributed by atoms with Crippen LogP contribution in [0.1, 0.15) is 28.8 Å². The van der Waals surface area contributed by atoms with Crippen molar-refractivity contribution in [3.63, 3.8) is 0 Å². The van der Waals surface area contributed by atoms with Crippen molar-refractivity contribution >= 4 is 17.8 Å².